The average Bonchev–Trinajstić information content (AvgIpc) is 2.97. The van der Waals surface area contributed by atoms with Crippen molar-refractivity contribution in [2.24, 2.45) is 0 Å². The number of hydrogen-bond donors (Lipinski definition) is 1. The summed E-state index contributed by atoms with van der Waals surface area (Å²) >= 11 is 5.85. The highest BCUT2D eigenvalue weighted by Gasteiger charge is 2.16. The second-order valence-corrected chi connectivity index (χ2v) is 5.75. The van der Waals surface area contributed by atoms with Gasteiger partial charge in [0.1, 0.15) is 12.4 Å². The normalized spacial score (nSPS) is 20.0. The van der Waals surface area contributed by atoms with Crippen LogP contribution in [0.2, 0.25) is 5.02 Å². The molecule has 20 heavy (non-hydrogen) atoms. The van der Waals surface area contributed by atoms with Crippen molar-refractivity contribution < 1.29 is 9.47 Å². The Labute approximate surface area is 126 Å². The number of hydrogen-bond acceptors (Lipinski definition) is 3. The molecule has 0 bridgehead atoms. The predicted octanol–water partition coefficient (Wildman–Crippen LogP) is 3.66. The van der Waals surface area contributed by atoms with Gasteiger partial charge in [-0.25, -0.2) is 0 Å². The molecule has 0 aromatic heterocycles. The molecule has 112 valence electrons. The van der Waals surface area contributed by atoms with Crippen LogP contribution in [0.5, 0.6) is 5.75 Å². The average molecular weight is 298 g/mol. The number of rotatable bonds is 8. The zero-order chi connectivity index (χ0) is 14.2. The van der Waals surface area contributed by atoms with Crippen LogP contribution in [0, 0.1) is 0 Å². The summed E-state index contributed by atoms with van der Waals surface area (Å²) in [6.45, 7) is 1.63. The topological polar surface area (TPSA) is 30.5 Å². The lowest BCUT2D eigenvalue weighted by Gasteiger charge is -2.18. The summed E-state index contributed by atoms with van der Waals surface area (Å²) in [7, 11) is 1.99. The van der Waals surface area contributed by atoms with E-state index in [0.717, 1.165) is 23.8 Å². The third-order valence-electron chi connectivity index (χ3n) is 3.78. The number of benzene rings is 1. The van der Waals surface area contributed by atoms with E-state index >= 15 is 0 Å². The summed E-state index contributed by atoms with van der Waals surface area (Å²) in [6.07, 6.45) is 6.40. The van der Waals surface area contributed by atoms with Crippen molar-refractivity contribution in [1.82, 2.24) is 5.32 Å². The molecule has 4 heteroatoms. The Balaban J connectivity index is 1.64. The lowest BCUT2D eigenvalue weighted by molar-refractivity contribution is 0.100. The van der Waals surface area contributed by atoms with Crippen molar-refractivity contribution in [2.75, 3.05) is 20.3 Å². The standard InChI is InChI=1S/C16H24ClNO2/c1-18-14(4-2-5-15-6-3-11-19-15)12-20-16-9-7-13(17)8-10-16/h7-10,14-15,18H,2-6,11-12H2,1H3. The Kier molecular flexibility index (Phi) is 6.64. The molecule has 3 nitrogen and oxygen atoms in total. The Bertz CT molecular complexity index is 377. The summed E-state index contributed by atoms with van der Waals surface area (Å²) in [5.74, 6) is 0.869. The Hall–Kier alpha value is -0.770. The molecule has 0 radical (unpaired) electrons. The molecular weight excluding hydrogens is 274 g/mol. The molecule has 0 saturated carbocycles. The lowest BCUT2D eigenvalue weighted by atomic mass is 10.1. The molecule has 2 rings (SSSR count). The van der Waals surface area contributed by atoms with Crippen LogP contribution in [0.1, 0.15) is 32.1 Å². The van der Waals surface area contributed by atoms with Gasteiger partial charge in [-0.3, -0.25) is 0 Å². The lowest BCUT2D eigenvalue weighted by Crippen LogP contribution is -2.31. The smallest absolute Gasteiger partial charge is 0.119 e. The van der Waals surface area contributed by atoms with E-state index < -0.39 is 0 Å². The van der Waals surface area contributed by atoms with Gasteiger partial charge >= 0.3 is 0 Å². The first kappa shape index (κ1) is 15.6. The second kappa shape index (κ2) is 8.50. The Morgan fingerprint density at radius 3 is 2.85 bits per heavy atom. The van der Waals surface area contributed by atoms with Gasteiger partial charge in [0.2, 0.25) is 0 Å². The highest BCUT2D eigenvalue weighted by Crippen LogP contribution is 2.19. The molecule has 1 fully saturated rings. The first-order valence-corrected chi connectivity index (χ1v) is 7.83. The Morgan fingerprint density at radius 1 is 1.40 bits per heavy atom. The Morgan fingerprint density at radius 2 is 2.20 bits per heavy atom. The van der Waals surface area contributed by atoms with Crippen molar-refractivity contribution in [1.29, 1.82) is 0 Å². The van der Waals surface area contributed by atoms with Crippen LogP contribution in [0.3, 0.4) is 0 Å². The van der Waals surface area contributed by atoms with Gasteiger partial charge < -0.3 is 14.8 Å². The van der Waals surface area contributed by atoms with E-state index in [1.807, 2.05) is 31.3 Å². The summed E-state index contributed by atoms with van der Waals surface area (Å²) in [4.78, 5) is 0. The van der Waals surface area contributed by atoms with Crippen LogP contribution in [0.25, 0.3) is 0 Å². The van der Waals surface area contributed by atoms with E-state index in [1.54, 1.807) is 0 Å². The van der Waals surface area contributed by atoms with Gasteiger partial charge in [0.25, 0.3) is 0 Å². The predicted molar refractivity (Wildman–Crippen MR) is 82.6 cm³/mol. The fourth-order valence-electron chi connectivity index (χ4n) is 2.50. The SMILES string of the molecule is CNC(CCCC1CCCO1)COc1ccc(Cl)cc1. The molecule has 0 amide bonds. The van der Waals surface area contributed by atoms with Gasteiger partial charge in [-0.15, -0.1) is 0 Å². The molecule has 1 aromatic carbocycles. The van der Waals surface area contributed by atoms with Crippen LogP contribution in [-0.2, 0) is 4.74 Å². The second-order valence-electron chi connectivity index (χ2n) is 5.32. The minimum absolute atomic E-state index is 0.382. The number of nitrogens with one attached hydrogen (secondary N) is 1. The van der Waals surface area contributed by atoms with E-state index in [-0.39, 0.29) is 0 Å². The van der Waals surface area contributed by atoms with Gasteiger partial charge in [0, 0.05) is 17.7 Å². The van der Waals surface area contributed by atoms with Crippen molar-refractivity contribution in [3.63, 3.8) is 0 Å². The van der Waals surface area contributed by atoms with Crippen molar-refractivity contribution in [2.45, 2.75) is 44.2 Å². The first-order valence-electron chi connectivity index (χ1n) is 7.45. The maximum Gasteiger partial charge on any atom is 0.119 e. The third kappa shape index (κ3) is 5.31. The van der Waals surface area contributed by atoms with E-state index in [1.165, 1.54) is 25.7 Å². The molecule has 2 unspecified atom stereocenters. The molecule has 1 aliphatic rings. The molecular formula is C16H24ClNO2. The van der Waals surface area contributed by atoms with Gasteiger partial charge in [-0.05, 0) is 63.4 Å². The third-order valence-corrected chi connectivity index (χ3v) is 4.03. The van der Waals surface area contributed by atoms with Crippen LogP contribution in [0.4, 0.5) is 0 Å². The van der Waals surface area contributed by atoms with Gasteiger partial charge in [0.05, 0.1) is 6.10 Å². The summed E-state index contributed by atoms with van der Waals surface area (Å²) in [5.41, 5.74) is 0. The monoisotopic (exact) mass is 297 g/mol. The zero-order valence-electron chi connectivity index (χ0n) is 12.1. The maximum absolute atomic E-state index is 5.85. The van der Waals surface area contributed by atoms with Crippen molar-refractivity contribution >= 4 is 11.6 Å². The zero-order valence-corrected chi connectivity index (χ0v) is 12.9. The minimum atomic E-state index is 0.382. The van der Waals surface area contributed by atoms with E-state index in [4.69, 9.17) is 21.1 Å². The van der Waals surface area contributed by atoms with Crippen LogP contribution in [0.15, 0.2) is 24.3 Å². The van der Waals surface area contributed by atoms with Gasteiger partial charge in [-0.1, -0.05) is 11.6 Å². The maximum atomic E-state index is 5.85. The van der Waals surface area contributed by atoms with Gasteiger partial charge in [0.15, 0.2) is 0 Å². The quantitative estimate of drug-likeness (QED) is 0.794. The highest BCUT2D eigenvalue weighted by atomic mass is 35.5. The molecule has 1 heterocycles. The van der Waals surface area contributed by atoms with Crippen LogP contribution >= 0.6 is 11.6 Å². The molecule has 0 aliphatic carbocycles. The fourth-order valence-corrected chi connectivity index (χ4v) is 2.63. The first-order chi connectivity index (χ1) is 9.78. The van der Waals surface area contributed by atoms with Crippen molar-refractivity contribution in [3.05, 3.63) is 29.3 Å². The number of likely N-dealkylation sites (N-methyl/N-ethyl adjacent to an activating group) is 1. The van der Waals surface area contributed by atoms with E-state index in [9.17, 15) is 0 Å². The number of halogens is 1. The van der Waals surface area contributed by atoms with Crippen LogP contribution in [-0.4, -0.2) is 32.4 Å². The van der Waals surface area contributed by atoms with Crippen LogP contribution < -0.4 is 10.1 Å². The largest absolute Gasteiger partial charge is 0.492 e. The number of ether oxygens (including phenoxy) is 2. The summed E-state index contributed by atoms with van der Waals surface area (Å²) in [6, 6.07) is 7.89. The van der Waals surface area contributed by atoms with E-state index in [2.05, 4.69) is 5.32 Å². The molecule has 1 saturated heterocycles. The van der Waals surface area contributed by atoms with Crippen molar-refractivity contribution in [3.8, 4) is 5.75 Å². The highest BCUT2D eigenvalue weighted by molar-refractivity contribution is 6.30. The molecule has 1 aromatic rings. The summed E-state index contributed by atoms with van der Waals surface area (Å²) in [5, 5.41) is 4.05. The fraction of sp³-hybridized carbons (Fsp3) is 0.625. The molecule has 2 atom stereocenters. The molecule has 1 aliphatic heterocycles. The van der Waals surface area contributed by atoms with Gasteiger partial charge in [-0.2, -0.15) is 0 Å². The summed E-state index contributed by atoms with van der Waals surface area (Å²) < 4.78 is 11.4. The molecule has 1 N–H and O–H groups in total. The minimum Gasteiger partial charge on any atom is -0.492 e. The van der Waals surface area contributed by atoms with E-state index in [0.29, 0.717) is 18.8 Å². The molecule has 0 spiro atoms.